The minimum absolute atomic E-state index is 0.145. The number of hydrogen-bond donors (Lipinski definition) is 1. The van der Waals surface area contributed by atoms with Gasteiger partial charge in [0.15, 0.2) is 0 Å². The van der Waals surface area contributed by atoms with Crippen LogP contribution in [0.1, 0.15) is 41.6 Å². The van der Waals surface area contributed by atoms with E-state index in [9.17, 15) is 9.18 Å². The van der Waals surface area contributed by atoms with Crippen LogP contribution >= 0.6 is 23.2 Å². The van der Waals surface area contributed by atoms with E-state index in [1.807, 2.05) is 4.90 Å². The summed E-state index contributed by atoms with van der Waals surface area (Å²) in [5.41, 5.74) is 0.327. The second-order valence-electron chi connectivity index (χ2n) is 7.86. The maximum Gasteiger partial charge on any atom is 0.338 e. The molecule has 2 aromatic rings. The fraction of sp³-hybridized carbons (Fsp3) is 0.400. The normalized spacial score (nSPS) is 17.9. The van der Waals surface area contributed by atoms with E-state index >= 15 is 0 Å². The molecule has 1 aliphatic carbocycles. The molecule has 1 N–H and O–H groups in total. The van der Waals surface area contributed by atoms with Gasteiger partial charge in [-0.05, 0) is 36.5 Å². The van der Waals surface area contributed by atoms with E-state index < -0.39 is 11.8 Å². The van der Waals surface area contributed by atoms with Crippen molar-refractivity contribution in [1.29, 1.82) is 0 Å². The second kappa shape index (κ2) is 7.08. The monoisotopic (exact) mass is 424 g/mol. The van der Waals surface area contributed by atoms with Crippen LogP contribution in [0, 0.1) is 11.2 Å². The quantitative estimate of drug-likeness (QED) is 0.705. The van der Waals surface area contributed by atoms with Gasteiger partial charge in [-0.2, -0.15) is 0 Å². The van der Waals surface area contributed by atoms with Crippen LogP contribution in [-0.2, 0) is 0 Å². The fourth-order valence-electron chi connectivity index (χ4n) is 3.58. The van der Waals surface area contributed by atoms with Crippen molar-refractivity contribution in [2.45, 2.75) is 25.7 Å². The maximum absolute atomic E-state index is 14.1. The number of aromatic carboxylic acids is 1. The van der Waals surface area contributed by atoms with Crippen molar-refractivity contribution in [1.82, 2.24) is 4.98 Å². The summed E-state index contributed by atoms with van der Waals surface area (Å²) < 4.78 is 20.1. The third kappa shape index (κ3) is 3.76. The van der Waals surface area contributed by atoms with E-state index in [-0.39, 0.29) is 16.9 Å². The van der Waals surface area contributed by atoms with E-state index in [0.29, 0.717) is 41.3 Å². The van der Waals surface area contributed by atoms with Crippen LogP contribution in [-0.4, -0.2) is 35.8 Å². The van der Waals surface area contributed by atoms with Gasteiger partial charge in [0.1, 0.15) is 17.4 Å². The lowest BCUT2D eigenvalue weighted by Crippen LogP contribution is -2.58. The Bertz CT molecular complexity index is 943. The molecular formula is C20H19Cl2FN2O3. The molecule has 0 atom stereocenters. The van der Waals surface area contributed by atoms with Crippen LogP contribution in [0.2, 0.25) is 10.0 Å². The van der Waals surface area contributed by atoms with Crippen molar-refractivity contribution in [3.05, 3.63) is 51.4 Å². The van der Waals surface area contributed by atoms with Crippen LogP contribution in [0.5, 0.6) is 5.75 Å². The summed E-state index contributed by atoms with van der Waals surface area (Å²) in [5, 5.41) is 10.1. The molecule has 2 aliphatic rings. The topological polar surface area (TPSA) is 62.7 Å². The lowest BCUT2D eigenvalue weighted by atomic mass is 9.83. The molecule has 1 aromatic carbocycles. The molecule has 28 heavy (non-hydrogen) atoms. The van der Waals surface area contributed by atoms with Gasteiger partial charge in [0, 0.05) is 30.8 Å². The molecular weight excluding hydrogens is 406 g/mol. The highest BCUT2D eigenvalue weighted by Crippen LogP contribution is 2.46. The Morgan fingerprint density at radius 2 is 2.07 bits per heavy atom. The van der Waals surface area contributed by atoms with Crippen LogP contribution in [0.4, 0.5) is 10.2 Å². The third-order valence-electron chi connectivity index (χ3n) is 5.16. The number of halogens is 3. The van der Waals surface area contributed by atoms with Gasteiger partial charge in [0.2, 0.25) is 0 Å². The van der Waals surface area contributed by atoms with Crippen LogP contribution in [0.15, 0.2) is 24.4 Å². The summed E-state index contributed by atoms with van der Waals surface area (Å²) in [4.78, 5) is 17.5. The first-order valence-electron chi connectivity index (χ1n) is 9.01. The zero-order valence-electron chi connectivity index (χ0n) is 15.2. The first-order valence-corrected chi connectivity index (χ1v) is 9.77. The molecule has 2 fully saturated rings. The number of pyridine rings is 1. The van der Waals surface area contributed by atoms with Crippen molar-refractivity contribution in [2.24, 2.45) is 5.41 Å². The van der Waals surface area contributed by atoms with Gasteiger partial charge in [-0.25, -0.2) is 14.2 Å². The zero-order chi connectivity index (χ0) is 20.1. The van der Waals surface area contributed by atoms with E-state index in [4.69, 9.17) is 33.0 Å². The van der Waals surface area contributed by atoms with Gasteiger partial charge in [-0.15, -0.1) is 0 Å². The minimum atomic E-state index is -1.26. The number of benzene rings is 1. The van der Waals surface area contributed by atoms with Crippen molar-refractivity contribution in [3.63, 3.8) is 0 Å². The first-order chi connectivity index (χ1) is 13.3. The number of nitrogens with zero attached hydrogens (tertiary/aromatic N) is 2. The SMILES string of the molecule is CC1(COc2cc(F)c(C(=O)O)cc2C2CC2)CN(c2ncc(Cl)cc2Cl)C1. The molecule has 1 saturated heterocycles. The number of aromatic nitrogens is 1. The smallest absolute Gasteiger partial charge is 0.338 e. The number of hydrogen-bond acceptors (Lipinski definition) is 4. The van der Waals surface area contributed by atoms with Crippen LogP contribution < -0.4 is 9.64 Å². The highest BCUT2D eigenvalue weighted by molar-refractivity contribution is 6.36. The standard InChI is InChI=1S/C20H19Cl2FN2O3/c1-20(8-25(9-20)18-15(22)4-12(21)7-24-18)10-28-17-6-16(23)14(19(26)27)5-13(17)11-2-3-11/h4-7,11H,2-3,8-10H2,1H3,(H,26,27). The largest absolute Gasteiger partial charge is 0.492 e. The predicted octanol–water partition coefficient (Wildman–Crippen LogP) is 5.01. The Labute approximate surface area is 172 Å². The fourth-order valence-corrected chi connectivity index (χ4v) is 4.08. The Kier molecular flexibility index (Phi) is 4.88. The molecule has 0 unspecified atom stereocenters. The Hall–Kier alpha value is -2.05. The number of anilines is 1. The lowest BCUT2D eigenvalue weighted by molar-refractivity contribution is 0.0691. The summed E-state index contributed by atoms with van der Waals surface area (Å²) in [7, 11) is 0. The zero-order valence-corrected chi connectivity index (χ0v) is 16.7. The summed E-state index contributed by atoms with van der Waals surface area (Å²) >= 11 is 12.1. The summed E-state index contributed by atoms with van der Waals surface area (Å²) in [6, 6.07) is 4.28. The van der Waals surface area contributed by atoms with Gasteiger partial charge >= 0.3 is 5.97 Å². The van der Waals surface area contributed by atoms with E-state index in [0.717, 1.165) is 18.4 Å². The Morgan fingerprint density at radius 1 is 1.36 bits per heavy atom. The molecule has 0 spiro atoms. The van der Waals surface area contributed by atoms with Crippen molar-refractivity contribution >= 4 is 35.0 Å². The van der Waals surface area contributed by atoms with Gasteiger partial charge in [0.25, 0.3) is 0 Å². The molecule has 1 aromatic heterocycles. The highest BCUT2D eigenvalue weighted by atomic mass is 35.5. The van der Waals surface area contributed by atoms with Crippen molar-refractivity contribution in [2.75, 3.05) is 24.6 Å². The summed E-state index contributed by atoms with van der Waals surface area (Å²) in [6.45, 7) is 3.85. The highest BCUT2D eigenvalue weighted by Gasteiger charge is 2.41. The van der Waals surface area contributed by atoms with Crippen LogP contribution in [0.25, 0.3) is 0 Å². The molecule has 0 bridgehead atoms. The Morgan fingerprint density at radius 3 is 2.68 bits per heavy atom. The lowest BCUT2D eigenvalue weighted by Gasteiger charge is -2.48. The Balaban J connectivity index is 1.45. The first kappa shape index (κ1) is 19.3. The van der Waals surface area contributed by atoms with Gasteiger partial charge < -0.3 is 14.7 Å². The number of carboxylic acids is 1. The molecule has 4 rings (SSSR count). The minimum Gasteiger partial charge on any atom is -0.492 e. The average molecular weight is 425 g/mol. The van der Waals surface area contributed by atoms with E-state index in [2.05, 4.69) is 11.9 Å². The molecule has 0 radical (unpaired) electrons. The molecule has 148 valence electrons. The van der Waals surface area contributed by atoms with Crippen molar-refractivity contribution in [3.8, 4) is 5.75 Å². The predicted molar refractivity (Wildman–Crippen MR) is 105 cm³/mol. The molecule has 2 heterocycles. The molecule has 5 nitrogen and oxygen atoms in total. The van der Waals surface area contributed by atoms with Gasteiger partial charge in [-0.1, -0.05) is 30.1 Å². The number of carbonyl (C=O) groups is 1. The van der Waals surface area contributed by atoms with Gasteiger partial charge in [0.05, 0.1) is 22.2 Å². The van der Waals surface area contributed by atoms with E-state index in [1.165, 1.54) is 12.1 Å². The maximum atomic E-state index is 14.1. The van der Waals surface area contributed by atoms with Crippen molar-refractivity contribution < 1.29 is 19.0 Å². The molecule has 1 aliphatic heterocycles. The number of rotatable bonds is 6. The third-order valence-corrected chi connectivity index (χ3v) is 5.64. The summed E-state index contributed by atoms with van der Waals surface area (Å²) in [6.07, 6.45) is 3.49. The van der Waals surface area contributed by atoms with Gasteiger partial charge in [-0.3, -0.25) is 0 Å². The van der Waals surface area contributed by atoms with Crippen LogP contribution in [0.3, 0.4) is 0 Å². The number of ether oxygens (including phenoxy) is 1. The number of carboxylic acid groups (broad SMARTS) is 1. The average Bonchev–Trinajstić information content (AvgIpc) is 3.42. The summed E-state index contributed by atoms with van der Waals surface area (Å²) in [5.74, 6) is -0.674. The molecule has 0 amide bonds. The van der Waals surface area contributed by atoms with E-state index in [1.54, 1.807) is 12.3 Å². The second-order valence-corrected chi connectivity index (χ2v) is 8.71. The molecule has 8 heteroatoms. The molecule has 1 saturated carbocycles.